The van der Waals surface area contributed by atoms with Crippen LogP contribution in [-0.4, -0.2) is 31.3 Å². The molecule has 0 bridgehead atoms. The molecule has 1 saturated carbocycles. The van der Waals surface area contributed by atoms with Crippen LogP contribution in [0.25, 0.3) is 0 Å². The fraction of sp³-hybridized carbons (Fsp3) is 0.579. The number of guanidine groups is 1. The lowest BCUT2D eigenvalue weighted by Crippen LogP contribution is -2.69. The molecule has 0 aliphatic heterocycles. The number of hydrogen-bond acceptors (Lipinski definition) is 3. The third-order valence-corrected chi connectivity index (χ3v) is 5.41. The SMILES string of the molecule is CCNC(=NCc1cccc(C#N)c1)NC1CC(C)(OC)C1(C)C.I. The Balaban J connectivity index is 0.00000312. The number of nitrogens with zero attached hydrogens (tertiary/aromatic N) is 2. The van der Waals surface area contributed by atoms with Gasteiger partial charge in [-0.25, -0.2) is 4.99 Å². The van der Waals surface area contributed by atoms with Gasteiger partial charge in [-0.2, -0.15) is 5.26 Å². The van der Waals surface area contributed by atoms with Crippen molar-refractivity contribution in [2.45, 2.75) is 52.3 Å². The van der Waals surface area contributed by atoms with Crippen molar-refractivity contribution in [3.8, 4) is 6.07 Å². The molecule has 6 heteroatoms. The Morgan fingerprint density at radius 2 is 2.12 bits per heavy atom. The van der Waals surface area contributed by atoms with Gasteiger partial charge in [0.2, 0.25) is 0 Å². The first-order valence-corrected chi connectivity index (χ1v) is 8.45. The van der Waals surface area contributed by atoms with Gasteiger partial charge < -0.3 is 15.4 Å². The van der Waals surface area contributed by atoms with Crippen molar-refractivity contribution in [2.24, 2.45) is 10.4 Å². The normalized spacial score (nSPS) is 24.5. The van der Waals surface area contributed by atoms with Crippen LogP contribution >= 0.6 is 24.0 Å². The molecule has 25 heavy (non-hydrogen) atoms. The first-order valence-electron chi connectivity index (χ1n) is 8.45. The second kappa shape index (κ2) is 8.86. The second-order valence-corrected chi connectivity index (χ2v) is 7.07. The van der Waals surface area contributed by atoms with E-state index >= 15 is 0 Å². The van der Waals surface area contributed by atoms with Crippen molar-refractivity contribution < 1.29 is 4.74 Å². The summed E-state index contributed by atoms with van der Waals surface area (Å²) in [4.78, 5) is 4.66. The van der Waals surface area contributed by atoms with Crippen LogP contribution in [-0.2, 0) is 11.3 Å². The van der Waals surface area contributed by atoms with Crippen molar-refractivity contribution in [2.75, 3.05) is 13.7 Å². The van der Waals surface area contributed by atoms with Crippen LogP contribution in [0.3, 0.4) is 0 Å². The molecule has 2 atom stereocenters. The molecular weight excluding hydrogens is 427 g/mol. The molecule has 1 aromatic rings. The number of hydrogen-bond donors (Lipinski definition) is 2. The first-order chi connectivity index (χ1) is 11.4. The first kappa shape index (κ1) is 21.7. The summed E-state index contributed by atoms with van der Waals surface area (Å²) >= 11 is 0. The quantitative estimate of drug-likeness (QED) is 0.405. The van der Waals surface area contributed by atoms with Crippen LogP contribution in [0.1, 0.15) is 45.2 Å². The maximum Gasteiger partial charge on any atom is 0.191 e. The van der Waals surface area contributed by atoms with Crippen LogP contribution in [0.5, 0.6) is 0 Å². The third-order valence-electron chi connectivity index (χ3n) is 5.41. The highest BCUT2D eigenvalue weighted by atomic mass is 127. The van der Waals surface area contributed by atoms with E-state index in [2.05, 4.69) is 49.4 Å². The Morgan fingerprint density at radius 1 is 1.40 bits per heavy atom. The van der Waals surface area contributed by atoms with E-state index in [1.54, 1.807) is 13.2 Å². The molecule has 2 unspecified atom stereocenters. The summed E-state index contributed by atoms with van der Waals surface area (Å²) in [5, 5.41) is 15.8. The molecule has 0 radical (unpaired) electrons. The van der Waals surface area contributed by atoms with E-state index in [-0.39, 0.29) is 35.0 Å². The van der Waals surface area contributed by atoms with Crippen LogP contribution in [0.4, 0.5) is 0 Å². The Morgan fingerprint density at radius 3 is 2.68 bits per heavy atom. The highest BCUT2D eigenvalue weighted by molar-refractivity contribution is 14.0. The molecule has 138 valence electrons. The molecule has 2 N–H and O–H groups in total. The number of halogens is 1. The Bertz CT molecular complexity index is 653. The van der Waals surface area contributed by atoms with E-state index < -0.39 is 0 Å². The molecule has 0 spiro atoms. The number of aliphatic imine (C=N–C) groups is 1. The molecule has 0 heterocycles. The van der Waals surface area contributed by atoms with Gasteiger partial charge in [0.05, 0.1) is 23.8 Å². The van der Waals surface area contributed by atoms with Crippen molar-refractivity contribution >= 4 is 29.9 Å². The number of benzene rings is 1. The highest BCUT2D eigenvalue weighted by Gasteiger charge is 2.58. The molecule has 5 nitrogen and oxygen atoms in total. The minimum absolute atomic E-state index is 0. The maximum atomic E-state index is 8.99. The minimum atomic E-state index is -0.108. The summed E-state index contributed by atoms with van der Waals surface area (Å²) in [7, 11) is 1.78. The summed E-state index contributed by atoms with van der Waals surface area (Å²) in [6.45, 7) is 9.99. The van der Waals surface area contributed by atoms with E-state index in [1.165, 1.54) is 0 Å². The molecule has 0 saturated heterocycles. The summed E-state index contributed by atoms with van der Waals surface area (Å²) in [5.41, 5.74) is 1.61. The van der Waals surface area contributed by atoms with Crippen molar-refractivity contribution in [1.29, 1.82) is 5.26 Å². The van der Waals surface area contributed by atoms with Gasteiger partial charge in [-0.3, -0.25) is 0 Å². The van der Waals surface area contributed by atoms with Gasteiger partial charge in [0, 0.05) is 25.1 Å². The van der Waals surface area contributed by atoms with Crippen LogP contribution in [0.2, 0.25) is 0 Å². The lowest BCUT2D eigenvalue weighted by Gasteiger charge is -2.59. The van der Waals surface area contributed by atoms with Crippen molar-refractivity contribution in [3.63, 3.8) is 0 Å². The van der Waals surface area contributed by atoms with E-state index in [1.807, 2.05) is 18.2 Å². The molecular formula is C19H29IN4O. The van der Waals surface area contributed by atoms with E-state index in [0.717, 1.165) is 24.5 Å². The maximum absolute atomic E-state index is 8.99. The average Bonchev–Trinajstić information content (AvgIpc) is 2.59. The molecule has 1 fully saturated rings. The largest absolute Gasteiger partial charge is 0.378 e. The van der Waals surface area contributed by atoms with Gasteiger partial charge in [0.1, 0.15) is 0 Å². The van der Waals surface area contributed by atoms with E-state index in [9.17, 15) is 0 Å². The minimum Gasteiger partial charge on any atom is -0.378 e. The zero-order valence-corrected chi connectivity index (χ0v) is 18.0. The zero-order valence-electron chi connectivity index (χ0n) is 15.7. The Kier molecular flexibility index (Phi) is 7.69. The van der Waals surface area contributed by atoms with Crippen molar-refractivity contribution in [3.05, 3.63) is 35.4 Å². The molecule has 1 aliphatic rings. The lowest BCUT2D eigenvalue weighted by atomic mass is 9.56. The monoisotopic (exact) mass is 456 g/mol. The van der Waals surface area contributed by atoms with Gasteiger partial charge in [-0.1, -0.05) is 26.0 Å². The number of ether oxygens (including phenoxy) is 1. The number of nitriles is 1. The van der Waals surface area contributed by atoms with E-state index in [0.29, 0.717) is 18.2 Å². The summed E-state index contributed by atoms with van der Waals surface area (Å²) in [5.74, 6) is 0.802. The standard InChI is InChI=1S/C19H28N4O.HI/c1-6-21-17(22-13-15-9-7-8-14(10-15)12-20)23-16-11-19(4,24-5)18(16,2)3;/h7-10,16H,6,11,13H2,1-5H3,(H2,21,22,23);1H. The zero-order chi connectivity index (χ0) is 17.8. The fourth-order valence-electron chi connectivity index (χ4n) is 3.12. The highest BCUT2D eigenvalue weighted by Crippen LogP contribution is 2.51. The fourth-order valence-corrected chi connectivity index (χ4v) is 3.12. The average molecular weight is 456 g/mol. The van der Waals surface area contributed by atoms with Crippen LogP contribution in [0, 0.1) is 16.7 Å². The molecule has 2 rings (SSSR count). The molecule has 0 aromatic heterocycles. The van der Waals surface area contributed by atoms with Crippen LogP contribution < -0.4 is 10.6 Å². The van der Waals surface area contributed by atoms with Crippen LogP contribution in [0.15, 0.2) is 29.3 Å². The Hall–Kier alpha value is -1.33. The summed E-state index contributed by atoms with van der Waals surface area (Å²) < 4.78 is 5.68. The van der Waals surface area contributed by atoms with Gasteiger partial charge >= 0.3 is 0 Å². The van der Waals surface area contributed by atoms with Gasteiger partial charge in [0.15, 0.2) is 5.96 Å². The molecule has 1 aromatic carbocycles. The second-order valence-electron chi connectivity index (χ2n) is 7.07. The predicted molar refractivity (Wildman–Crippen MR) is 112 cm³/mol. The molecule has 0 amide bonds. The summed E-state index contributed by atoms with van der Waals surface area (Å²) in [6.07, 6.45) is 0.949. The summed E-state index contributed by atoms with van der Waals surface area (Å²) in [6, 6.07) is 10.0. The van der Waals surface area contributed by atoms with Gasteiger partial charge in [0.25, 0.3) is 0 Å². The lowest BCUT2D eigenvalue weighted by molar-refractivity contribution is -0.176. The predicted octanol–water partition coefficient (Wildman–Crippen LogP) is 3.43. The van der Waals surface area contributed by atoms with Gasteiger partial charge in [-0.05, 0) is 38.0 Å². The number of methoxy groups -OCH3 is 1. The number of rotatable bonds is 5. The number of nitrogens with one attached hydrogen (secondary N) is 2. The third kappa shape index (κ3) is 4.64. The molecule has 1 aliphatic carbocycles. The topological polar surface area (TPSA) is 69.4 Å². The van der Waals surface area contributed by atoms with E-state index in [4.69, 9.17) is 10.00 Å². The van der Waals surface area contributed by atoms with Crippen molar-refractivity contribution in [1.82, 2.24) is 10.6 Å². The smallest absolute Gasteiger partial charge is 0.191 e. The van der Waals surface area contributed by atoms with Gasteiger partial charge in [-0.15, -0.1) is 24.0 Å². The Labute approximate surface area is 168 Å².